The van der Waals surface area contributed by atoms with Gasteiger partial charge in [-0.1, -0.05) is 6.07 Å². The Balaban J connectivity index is 2.25. The molecule has 6 heteroatoms. The zero-order valence-electron chi connectivity index (χ0n) is 9.03. The van der Waals surface area contributed by atoms with Gasteiger partial charge in [0.05, 0.1) is 7.11 Å². The van der Waals surface area contributed by atoms with Crippen LogP contribution in [0.2, 0.25) is 0 Å². The second-order valence-corrected chi connectivity index (χ2v) is 3.27. The average Bonchev–Trinajstić information content (AvgIpc) is 2.76. The van der Waals surface area contributed by atoms with Crippen LogP contribution >= 0.6 is 0 Å². The highest BCUT2D eigenvalue weighted by molar-refractivity contribution is 5.95. The van der Waals surface area contributed by atoms with E-state index < -0.39 is 5.97 Å². The first-order chi connectivity index (χ1) is 8.20. The normalized spacial score (nSPS) is 10.0. The number of benzene rings is 1. The number of aromatic amines is 1. The maximum absolute atomic E-state index is 13.0. The summed E-state index contributed by atoms with van der Waals surface area (Å²) in [6.45, 7) is 0. The summed E-state index contributed by atoms with van der Waals surface area (Å²) in [5, 5.41) is 9.22. The lowest BCUT2D eigenvalue weighted by Gasteiger charge is -2.04. The lowest BCUT2D eigenvalue weighted by Crippen LogP contribution is -2.03. The fraction of sp³-hybridized carbons (Fsp3) is 0.0909. The molecule has 0 aliphatic heterocycles. The van der Waals surface area contributed by atoms with E-state index in [1.807, 2.05) is 0 Å². The lowest BCUT2D eigenvalue weighted by molar-refractivity contribution is 0.0602. The van der Waals surface area contributed by atoms with Crippen LogP contribution in [-0.4, -0.2) is 23.3 Å². The van der Waals surface area contributed by atoms with E-state index in [0.717, 1.165) is 0 Å². The van der Waals surface area contributed by atoms with E-state index in [-0.39, 0.29) is 11.4 Å². The zero-order chi connectivity index (χ0) is 12.3. The van der Waals surface area contributed by atoms with Crippen LogP contribution in [0.5, 0.6) is 0 Å². The van der Waals surface area contributed by atoms with Gasteiger partial charge in [0, 0.05) is 11.9 Å². The van der Waals surface area contributed by atoms with E-state index in [2.05, 4.69) is 20.3 Å². The Labute approximate surface area is 96.6 Å². The van der Waals surface area contributed by atoms with Gasteiger partial charge in [-0.2, -0.15) is 5.10 Å². The smallest absolute Gasteiger partial charge is 0.343 e. The lowest BCUT2D eigenvalue weighted by atomic mass is 10.3. The third kappa shape index (κ3) is 2.41. The number of methoxy groups -OCH3 is 1. The third-order valence-electron chi connectivity index (χ3n) is 2.13. The van der Waals surface area contributed by atoms with Crippen molar-refractivity contribution in [2.45, 2.75) is 0 Å². The molecule has 0 radical (unpaired) electrons. The molecule has 0 atom stereocenters. The van der Waals surface area contributed by atoms with Crippen molar-refractivity contribution in [2.75, 3.05) is 12.4 Å². The van der Waals surface area contributed by atoms with Crippen LogP contribution in [0, 0.1) is 5.82 Å². The van der Waals surface area contributed by atoms with Crippen LogP contribution < -0.4 is 5.32 Å². The van der Waals surface area contributed by atoms with Crippen molar-refractivity contribution >= 4 is 17.5 Å². The van der Waals surface area contributed by atoms with Crippen molar-refractivity contribution in [2.24, 2.45) is 0 Å². The second-order valence-electron chi connectivity index (χ2n) is 3.27. The minimum absolute atomic E-state index is 0.261. The molecule has 0 bridgehead atoms. The molecule has 2 aromatic rings. The molecule has 1 aromatic carbocycles. The largest absolute Gasteiger partial charge is 0.465 e. The Hall–Kier alpha value is -2.37. The number of aromatic nitrogens is 2. The Morgan fingerprint density at radius 1 is 1.53 bits per heavy atom. The van der Waals surface area contributed by atoms with Gasteiger partial charge in [-0.25, -0.2) is 9.18 Å². The highest BCUT2D eigenvalue weighted by Crippen LogP contribution is 2.19. The first kappa shape index (κ1) is 11.1. The minimum Gasteiger partial charge on any atom is -0.465 e. The SMILES string of the molecule is COC(=O)c1c[nH]nc1Nc1cccc(F)c1. The number of rotatable bonds is 3. The summed E-state index contributed by atoms with van der Waals surface area (Å²) in [4.78, 5) is 11.4. The fourth-order valence-electron chi connectivity index (χ4n) is 1.35. The van der Waals surface area contributed by atoms with Crippen molar-refractivity contribution in [3.05, 3.63) is 41.8 Å². The van der Waals surface area contributed by atoms with Gasteiger partial charge < -0.3 is 10.1 Å². The molecule has 17 heavy (non-hydrogen) atoms. The number of ether oxygens (including phenoxy) is 1. The molecular weight excluding hydrogens is 225 g/mol. The topological polar surface area (TPSA) is 67.0 Å². The summed E-state index contributed by atoms with van der Waals surface area (Å²) >= 11 is 0. The van der Waals surface area contributed by atoms with Gasteiger partial charge >= 0.3 is 5.97 Å². The second kappa shape index (κ2) is 4.65. The predicted octanol–water partition coefficient (Wildman–Crippen LogP) is 2.08. The van der Waals surface area contributed by atoms with Gasteiger partial charge in [-0.05, 0) is 18.2 Å². The highest BCUT2D eigenvalue weighted by atomic mass is 19.1. The summed E-state index contributed by atoms with van der Waals surface area (Å²) in [5.41, 5.74) is 0.763. The van der Waals surface area contributed by atoms with E-state index in [0.29, 0.717) is 11.5 Å². The number of halogens is 1. The first-order valence-corrected chi connectivity index (χ1v) is 4.85. The van der Waals surface area contributed by atoms with E-state index in [1.165, 1.54) is 25.4 Å². The van der Waals surface area contributed by atoms with Crippen LogP contribution in [-0.2, 0) is 4.74 Å². The first-order valence-electron chi connectivity index (χ1n) is 4.85. The molecule has 2 rings (SSSR count). The molecule has 0 saturated carbocycles. The van der Waals surface area contributed by atoms with Gasteiger partial charge in [0.2, 0.25) is 0 Å². The summed E-state index contributed by atoms with van der Waals surface area (Å²) < 4.78 is 17.5. The molecule has 0 fully saturated rings. The Morgan fingerprint density at radius 3 is 3.06 bits per heavy atom. The molecule has 1 heterocycles. The molecule has 0 saturated heterocycles. The van der Waals surface area contributed by atoms with E-state index in [9.17, 15) is 9.18 Å². The Bertz CT molecular complexity index is 539. The molecule has 0 unspecified atom stereocenters. The van der Waals surface area contributed by atoms with Crippen molar-refractivity contribution in [1.29, 1.82) is 0 Å². The molecule has 1 aromatic heterocycles. The quantitative estimate of drug-likeness (QED) is 0.799. The number of hydrogen-bond donors (Lipinski definition) is 2. The average molecular weight is 235 g/mol. The summed E-state index contributed by atoms with van der Waals surface area (Å²) in [7, 11) is 1.28. The number of anilines is 2. The van der Waals surface area contributed by atoms with Crippen LogP contribution in [0.3, 0.4) is 0 Å². The van der Waals surface area contributed by atoms with Crippen molar-refractivity contribution in [3.63, 3.8) is 0 Å². The number of carbonyl (C=O) groups excluding carboxylic acids is 1. The van der Waals surface area contributed by atoms with Crippen LogP contribution in [0.4, 0.5) is 15.9 Å². The zero-order valence-corrected chi connectivity index (χ0v) is 9.03. The number of H-pyrrole nitrogens is 1. The number of hydrogen-bond acceptors (Lipinski definition) is 4. The summed E-state index contributed by atoms with van der Waals surface area (Å²) in [5.74, 6) is -0.592. The molecule has 0 spiro atoms. The van der Waals surface area contributed by atoms with Gasteiger partial charge in [-0.3, -0.25) is 5.10 Å². The van der Waals surface area contributed by atoms with Crippen molar-refractivity contribution in [3.8, 4) is 0 Å². The third-order valence-corrected chi connectivity index (χ3v) is 2.13. The molecule has 0 aliphatic rings. The standard InChI is InChI=1S/C11H10FN3O2/c1-17-11(16)9-6-13-15-10(9)14-8-4-2-3-7(12)5-8/h2-6H,1H3,(H2,13,14,15). The minimum atomic E-state index is -0.516. The van der Waals surface area contributed by atoms with Crippen LogP contribution in [0.25, 0.3) is 0 Å². The fourth-order valence-corrected chi connectivity index (χ4v) is 1.35. The van der Waals surface area contributed by atoms with Crippen molar-refractivity contribution < 1.29 is 13.9 Å². The Kier molecular flexibility index (Phi) is 3.04. The molecular formula is C11H10FN3O2. The number of esters is 1. The monoisotopic (exact) mass is 235 g/mol. The Morgan fingerprint density at radius 2 is 2.35 bits per heavy atom. The molecule has 0 amide bonds. The number of carbonyl (C=O) groups is 1. The summed E-state index contributed by atoms with van der Waals surface area (Å²) in [6, 6.07) is 5.85. The number of nitrogens with zero attached hydrogens (tertiary/aromatic N) is 1. The van der Waals surface area contributed by atoms with Gasteiger partial charge in [0.1, 0.15) is 11.4 Å². The molecule has 2 N–H and O–H groups in total. The maximum Gasteiger partial charge on any atom is 0.343 e. The van der Waals surface area contributed by atoms with E-state index in [4.69, 9.17) is 0 Å². The predicted molar refractivity (Wildman–Crippen MR) is 59.6 cm³/mol. The molecule has 0 aliphatic carbocycles. The summed E-state index contributed by atoms with van der Waals surface area (Å²) in [6.07, 6.45) is 1.41. The van der Waals surface area contributed by atoms with Crippen LogP contribution in [0.15, 0.2) is 30.5 Å². The maximum atomic E-state index is 13.0. The van der Waals surface area contributed by atoms with E-state index in [1.54, 1.807) is 12.1 Å². The molecule has 5 nitrogen and oxygen atoms in total. The highest BCUT2D eigenvalue weighted by Gasteiger charge is 2.14. The van der Waals surface area contributed by atoms with Crippen molar-refractivity contribution in [1.82, 2.24) is 10.2 Å². The van der Waals surface area contributed by atoms with Gasteiger partial charge in [-0.15, -0.1) is 0 Å². The van der Waals surface area contributed by atoms with Crippen LogP contribution in [0.1, 0.15) is 10.4 Å². The number of nitrogens with one attached hydrogen (secondary N) is 2. The molecule has 88 valence electrons. The van der Waals surface area contributed by atoms with Gasteiger partial charge in [0.25, 0.3) is 0 Å². The van der Waals surface area contributed by atoms with Gasteiger partial charge in [0.15, 0.2) is 5.82 Å². The van der Waals surface area contributed by atoms with E-state index >= 15 is 0 Å².